The molecule has 0 unspecified atom stereocenters. The molecule has 0 aliphatic rings. The Hall–Kier alpha value is -3.52. The molecule has 3 aromatic carbocycles. The van der Waals surface area contributed by atoms with Crippen LogP contribution < -0.4 is 19.1 Å². The van der Waals surface area contributed by atoms with Crippen LogP contribution in [-0.4, -0.2) is 41.1 Å². The largest absolute Gasteiger partial charge is 0.495 e. The molecule has 0 bridgehead atoms. The fourth-order valence-corrected chi connectivity index (χ4v) is 4.81. The zero-order valence-electron chi connectivity index (χ0n) is 19.9. The van der Waals surface area contributed by atoms with E-state index in [1.807, 2.05) is 45.0 Å². The Labute approximate surface area is 201 Å². The van der Waals surface area contributed by atoms with E-state index in [9.17, 15) is 13.2 Å². The molecule has 7 nitrogen and oxygen atoms in total. The summed E-state index contributed by atoms with van der Waals surface area (Å²) >= 11 is 0. The predicted octanol–water partition coefficient (Wildman–Crippen LogP) is 4.01. The minimum Gasteiger partial charge on any atom is -0.495 e. The molecule has 0 heterocycles. The lowest BCUT2D eigenvalue weighted by molar-refractivity contribution is -0.119. The highest BCUT2D eigenvalue weighted by Gasteiger charge is 2.29. The van der Waals surface area contributed by atoms with Crippen LogP contribution in [0.4, 0.5) is 5.69 Å². The van der Waals surface area contributed by atoms with Gasteiger partial charge in [-0.15, -0.1) is 0 Å². The topological polar surface area (TPSA) is 84.9 Å². The molecule has 0 saturated carbocycles. The van der Waals surface area contributed by atoms with Crippen molar-refractivity contribution in [1.82, 2.24) is 5.32 Å². The summed E-state index contributed by atoms with van der Waals surface area (Å²) in [6.07, 6.45) is 0. The van der Waals surface area contributed by atoms with Crippen LogP contribution >= 0.6 is 0 Å². The first-order chi connectivity index (χ1) is 16.2. The summed E-state index contributed by atoms with van der Waals surface area (Å²) in [5.41, 5.74) is 3.43. The van der Waals surface area contributed by atoms with Crippen LogP contribution in [-0.2, 0) is 14.8 Å². The first kappa shape index (κ1) is 25.1. The minimum atomic E-state index is -4.02. The summed E-state index contributed by atoms with van der Waals surface area (Å²) in [6, 6.07) is 19.0. The maximum Gasteiger partial charge on any atom is 0.264 e. The maximum absolute atomic E-state index is 13.5. The van der Waals surface area contributed by atoms with E-state index in [-0.39, 0.29) is 18.0 Å². The van der Waals surface area contributed by atoms with Crippen LogP contribution in [0.25, 0.3) is 0 Å². The molecule has 0 aromatic heterocycles. The number of sulfonamides is 1. The lowest BCUT2D eigenvalue weighted by atomic mass is 10.1. The van der Waals surface area contributed by atoms with Crippen molar-refractivity contribution < 1.29 is 22.7 Å². The van der Waals surface area contributed by atoms with Crippen LogP contribution in [0.2, 0.25) is 0 Å². The van der Waals surface area contributed by atoms with E-state index in [2.05, 4.69) is 5.32 Å². The third kappa shape index (κ3) is 6.08. The van der Waals surface area contributed by atoms with E-state index in [0.29, 0.717) is 11.4 Å². The van der Waals surface area contributed by atoms with E-state index in [1.165, 1.54) is 24.8 Å². The van der Waals surface area contributed by atoms with Crippen LogP contribution in [0.5, 0.6) is 11.5 Å². The first-order valence-corrected chi connectivity index (χ1v) is 12.4. The highest BCUT2D eigenvalue weighted by molar-refractivity contribution is 7.92. The molecule has 1 N–H and O–H groups in total. The van der Waals surface area contributed by atoms with Gasteiger partial charge < -0.3 is 14.8 Å². The number of nitrogens with one attached hydrogen (secondary N) is 1. The number of carbonyl (C=O) groups excluding carboxylic acids is 1. The van der Waals surface area contributed by atoms with Gasteiger partial charge in [0.2, 0.25) is 5.91 Å². The van der Waals surface area contributed by atoms with E-state index in [0.717, 1.165) is 21.2 Å². The monoisotopic (exact) mass is 482 g/mol. The van der Waals surface area contributed by atoms with Gasteiger partial charge in [-0.05, 0) is 73.9 Å². The Kier molecular flexibility index (Phi) is 8.17. The highest BCUT2D eigenvalue weighted by atomic mass is 32.2. The average molecular weight is 483 g/mol. The van der Waals surface area contributed by atoms with E-state index in [4.69, 9.17) is 9.47 Å². The second kappa shape index (κ2) is 11.1. The third-order valence-corrected chi connectivity index (χ3v) is 7.17. The molecule has 3 aromatic rings. The molecule has 0 spiro atoms. The number of benzene rings is 3. The summed E-state index contributed by atoms with van der Waals surface area (Å²) in [7, 11) is -2.56. The van der Waals surface area contributed by atoms with Gasteiger partial charge in [-0.2, -0.15) is 0 Å². The number of nitrogens with zero attached hydrogens (tertiary/aromatic N) is 1. The molecule has 0 aliphatic carbocycles. The van der Waals surface area contributed by atoms with Crippen molar-refractivity contribution in [3.8, 4) is 11.5 Å². The van der Waals surface area contributed by atoms with Gasteiger partial charge in [0.15, 0.2) is 0 Å². The van der Waals surface area contributed by atoms with Crippen LogP contribution in [0.3, 0.4) is 0 Å². The van der Waals surface area contributed by atoms with E-state index >= 15 is 0 Å². The van der Waals surface area contributed by atoms with Crippen molar-refractivity contribution in [3.05, 3.63) is 83.4 Å². The smallest absolute Gasteiger partial charge is 0.264 e. The second-order valence-corrected chi connectivity index (χ2v) is 9.81. The SMILES string of the molecule is COc1ccc(C)cc1N(CC(=O)NCCOc1ccc(C)c(C)c1)S(=O)(=O)c1ccccc1. The minimum absolute atomic E-state index is 0.0874. The van der Waals surface area contributed by atoms with Crippen LogP contribution in [0.1, 0.15) is 16.7 Å². The van der Waals surface area contributed by atoms with Gasteiger partial charge in [0, 0.05) is 0 Å². The van der Waals surface area contributed by atoms with E-state index in [1.54, 1.807) is 30.3 Å². The Morgan fingerprint density at radius 1 is 0.941 bits per heavy atom. The number of hydrogen-bond acceptors (Lipinski definition) is 5. The van der Waals surface area contributed by atoms with Crippen molar-refractivity contribution in [2.45, 2.75) is 25.7 Å². The quantitative estimate of drug-likeness (QED) is 0.442. The van der Waals surface area contributed by atoms with Gasteiger partial charge in [0.1, 0.15) is 24.7 Å². The summed E-state index contributed by atoms with van der Waals surface area (Å²) in [5.74, 6) is 0.623. The van der Waals surface area contributed by atoms with Gasteiger partial charge >= 0.3 is 0 Å². The molecule has 8 heteroatoms. The average Bonchev–Trinajstić information content (AvgIpc) is 2.83. The zero-order chi connectivity index (χ0) is 24.7. The fourth-order valence-electron chi connectivity index (χ4n) is 3.36. The molecule has 0 atom stereocenters. The van der Waals surface area contributed by atoms with E-state index < -0.39 is 22.5 Å². The normalized spacial score (nSPS) is 11.1. The lowest BCUT2D eigenvalue weighted by Crippen LogP contribution is -2.42. The van der Waals surface area contributed by atoms with Gasteiger partial charge in [0.05, 0.1) is 24.2 Å². The molecule has 180 valence electrons. The van der Waals surface area contributed by atoms with Gasteiger partial charge in [-0.3, -0.25) is 9.10 Å². The fraction of sp³-hybridized carbons (Fsp3) is 0.269. The maximum atomic E-state index is 13.5. The molecule has 0 fully saturated rings. The van der Waals surface area contributed by atoms with Crippen LogP contribution in [0, 0.1) is 20.8 Å². The van der Waals surface area contributed by atoms with Gasteiger partial charge in [-0.1, -0.05) is 30.3 Å². The molecule has 34 heavy (non-hydrogen) atoms. The highest BCUT2D eigenvalue weighted by Crippen LogP contribution is 2.33. The zero-order valence-corrected chi connectivity index (χ0v) is 20.7. The number of rotatable bonds is 10. The summed E-state index contributed by atoms with van der Waals surface area (Å²) in [5, 5.41) is 2.74. The number of aryl methyl sites for hydroxylation is 3. The molecule has 3 rings (SSSR count). The number of hydrogen-bond donors (Lipinski definition) is 1. The Morgan fingerprint density at radius 3 is 2.35 bits per heavy atom. The summed E-state index contributed by atoms with van der Waals surface area (Å²) in [4.78, 5) is 12.9. The lowest BCUT2D eigenvalue weighted by Gasteiger charge is -2.26. The Bertz CT molecular complexity index is 1240. The second-order valence-electron chi connectivity index (χ2n) is 7.94. The van der Waals surface area contributed by atoms with Crippen molar-refractivity contribution in [3.63, 3.8) is 0 Å². The number of anilines is 1. The van der Waals surface area contributed by atoms with Gasteiger partial charge in [0.25, 0.3) is 10.0 Å². The van der Waals surface area contributed by atoms with Crippen molar-refractivity contribution in [1.29, 1.82) is 0 Å². The Morgan fingerprint density at radius 2 is 1.68 bits per heavy atom. The first-order valence-electron chi connectivity index (χ1n) is 10.9. The predicted molar refractivity (Wildman–Crippen MR) is 133 cm³/mol. The molecule has 0 saturated heterocycles. The number of amides is 1. The van der Waals surface area contributed by atoms with Crippen molar-refractivity contribution in [2.75, 3.05) is 31.1 Å². The van der Waals surface area contributed by atoms with Gasteiger partial charge in [-0.25, -0.2) is 8.42 Å². The summed E-state index contributed by atoms with van der Waals surface area (Å²) in [6.45, 7) is 5.97. The number of methoxy groups -OCH3 is 1. The molecule has 0 aliphatic heterocycles. The Balaban J connectivity index is 1.76. The standard InChI is InChI=1S/C26H30N2O5S/c1-19-10-13-25(32-4)24(16-19)28(34(30,31)23-8-6-5-7-9-23)18-26(29)27-14-15-33-22-12-11-20(2)21(3)17-22/h5-13,16-17H,14-15,18H2,1-4H3,(H,27,29). The summed E-state index contributed by atoms with van der Waals surface area (Å²) < 4.78 is 39.2. The third-order valence-electron chi connectivity index (χ3n) is 5.39. The molecular formula is C26H30N2O5S. The molecule has 1 amide bonds. The van der Waals surface area contributed by atoms with Crippen molar-refractivity contribution >= 4 is 21.6 Å². The van der Waals surface area contributed by atoms with Crippen LogP contribution in [0.15, 0.2) is 71.6 Å². The molecular weight excluding hydrogens is 452 g/mol. The van der Waals surface area contributed by atoms with Crippen molar-refractivity contribution in [2.24, 2.45) is 0 Å². The molecule has 0 radical (unpaired) electrons. The number of ether oxygens (including phenoxy) is 2. The number of carbonyl (C=O) groups is 1.